The molecule has 0 aliphatic heterocycles. The molecule has 7 nitrogen and oxygen atoms in total. The quantitative estimate of drug-likeness (QED) is 0.334. The first-order valence-electron chi connectivity index (χ1n) is 10.3. The number of aryl methyl sites for hydroxylation is 1. The summed E-state index contributed by atoms with van der Waals surface area (Å²) in [5.74, 6) is -3.03. The van der Waals surface area contributed by atoms with Gasteiger partial charge in [0.25, 0.3) is 0 Å². The maximum Gasteiger partial charge on any atom is 0.228 e. The van der Waals surface area contributed by atoms with E-state index in [2.05, 4.69) is 25.3 Å². The van der Waals surface area contributed by atoms with Crippen LogP contribution in [0.4, 0.5) is 24.8 Å². The van der Waals surface area contributed by atoms with Gasteiger partial charge in [0, 0.05) is 23.5 Å². The third-order valence-electron chi connectivity index (χ3n) is 5.05. The standard InChI is InChI=1S/C24H22F3N5O2/c1-12-11-28-22(29-12)15-6-5-14(9-19(15)34-4)30-23-31-18(10-20(32-23)24(2,3)33)13-7-16(25)21(27)17(26)8-13/h5-11,33H,1-4H3,(H,28,29)(H,30,31,32). The highest BCUT2D eigenvalue weighted by molar-refractivity contribution is 5.71. The number of hydrogen-bond acceptors (Lipinski definition) is 6. The third-order valence-corrected chi connectivity index (χ3v) is 5.05. The van der Waals surface area contributed by atoms with Gasteiger partial charge in [0.1, 0.15) is 17.2 Å². The molecule has 176 valence electrons. The van der Waals surface area contributed by atoms with Crippen LogP contribution in [0.3, 0.4) is 0 Å². The van der Waals surface area contributed by atoms with E-state index in [0.29, 0.717) is 17.3 Å². The number of benzene rings is 2. The zero-order chi connectivity index (χ0) is 24.6. The van der Waals surface area contributed by atoms with E-state index in [9.17, 15) is 18.3 Å². The summed E-state index contributed by atoms with van der Waals surface area (Å²) in [6.07, 6.45) is 1.78. The molecular formula is C24H22F3N5O2. The summed E-state index contributed by atoms with van der Waals surface area (Å²) in [6, 6.07) is 8.33. The Balaban J connectivity index is 1.75. The van der Waals surface area contributed by atoms with E-state index in [-0.39, 0.29) is 22.9 Å². The Bertz CT molecular complexity index is 1340. The Labute approximate surface area is 193 Å². The molecule has 4 aromatic rings. The molecule has 2 aromatic heterocycles. The molecule has 3 N–H and O–H groups in total. The van der Waals surface area contributed by atoms with Crippen molar-refractivity contribution in [3.05, 3.63) is 71.4 Å². The first-order valence-corrected chi connectivity index (χ1v) is 10.3. The van der Waals surface area contributed by atoms with Gasteiger partial charge in [-0.25, -0.2) is 28.1 Å². The van der Waals surface area contributed by atoms with Gasteiger partial charge in [-0.1, -0.05) is 0 Å². The van der Waals surface area contributed by atoms with Crippen LogP contribution in [0.2, 0.25) is 0 Å². The molecule has 0 bridgehead atoms. The number of nitrogens with one attached hydrogen (secondary N) is 2. The second-order valence-electron chi connectivity index (χ2n) is 8.21. The Kier molecular flexibility index (Phi) is 6.01. The van der Waals surface area contributed by atoms with Crippen LogP contribution in [-0.2, 0) is 5.60 Å². The van der Waals surface area contributed by atoms with Gasteiger partial charge in [-0.2, -0.15) is 0 Å². The van der Waals surface area contributed by atoms with Crippen molar-refractivity contribution in [1.82, 2.24) is 19.9 Å². The van der Waals surface area contributed by atoms with Gasteiger partial charge in [-0.3, -0.25) is 0 Å². The summed E-state index contributed by atoms with van der Waals surface area (Å²) in [7, 11) is 1.53. The van der Waals surface area contributed by atoms with E-state index in [1.165, 1.54) is 27.0 Å². The van der Waals surface area contributed by atoms with E-state index in [4.69, 9.17) is 4.74 Å². The number of imidazole rings is 1. The number of methoxy groups -OCH3 is 1. The van der Waals surface area contributed by atoms with Crippen LogP contribution in [0, 0.1) is 24.4 Å². The minimum atomic E-state index is -1.57. The fourth-order valence-electron chi connectivity index (χ4n) is 3.31. The summed E-state index contributed by atoms with van der Waals surface area (Å²) >= 11 is 0. The predicted octanol–water partition coefficient (Wildman–Crippen LogP) is 5.24. The lowest BCUT2D eigenvalue weighted by Gasteiger charge is -2.19. The number of hydrogen-bond donors (Lipinski definition) is 3. The Morgan fingerprint density at radius 2 is 1.71 bits per heavy atom. The van der Waals surface area contributed by atoms with Crippen LogP contribution in [0.5, 0.6) is 5.75 Å². The van der Waals surface area contributed by atoms with Crippen molar-refractivity contribution in [2.45, 2.75) is 26.4 Å². The Morgan fingerprint density at radius 3 is 2.29 bits per heavy atom. The van der Waals surface area contributed by atoms with Crippen molar-refractivity contribution < 1.29 is 23.0 Å². The molecule has 0 saturated carbocycles. The Morgan fingerprint density at radius 1 is 1.00 bits per heavy atom. The number of rotatable bonds is 6. The van der Waals surface area contributed by atoms with Crippen molar-refractivity contribution in [1.29, 1.82) is 0 Å². The van der Waals surface area contributed by atoms with Crippen LogP contribution in [-0.4, -0.2) is 32.2 Å². The number of anilines is 2. The highest BCUT2D eigenvalue weighted by atomic mass is 19.2. The summed E-state index contributed by atoms with van der Waals surface area (Å²) in [6.45, 7) is 4.89. The first-order chi connectivity index (χ1) is 16.0. The van der Waals surface area contributed by atoms with Crippen molar-refractivity contribution in [2.75, 3.05) is 12.4 Å². The minimum absolute atomic E-state index is 0.00605. The van der Waals surface area contributed by atoms with Gasteiger partial charge in [0.05, 0.1) is 29.8 Å². The predicted molar refractivity (Wildman–Crippen MR) is 121 cm³/mol. The molecule has 0 spiro atoms. The van der Waals surface area contributed by atoms with E-state index >= 15 is 0 Å². The van der Waals surface area contributed by atoms with Crippen LogP contribution < -0.4 is 10.1 Å². The highest BCUT2D eigenvalue weighted by Gasteiger charge is 2.22. The largest absolute Gasteiger partial charge is 0.496 e. The maximum absolute atomic E-state index is 13.8. The molecule has 4 rings (SSSR count). The summed E-state index contributed by atoms with van der Waals surface area (Å²) in [4.78, 5) is 16.1. The molecule has 10 heteroatoms. The number of aliphatic hydroxyl groups is 1. The highest BCUT2D eigenvalue weighted by Crippen LogP contribution is 2.33. The lowest BCUT2D eigenvalue weighted by atomic mass is 10.0. The van der Waals surface area contributed by atoms with Gasteiger partial charge in [-0.15, -0.1) is 0 Å². The smallest absolute Gasteiger partial charge is 0.228 e. The molecule has 2 aromatic carbocycles. The normalized spacial score (nSPS) is 11.5. The minimum Gasteiger partial charge on any atom is -0.496 e. The molecular weight excluding hydrogens is 447 g/mol. The lowest BCUT2D eigenvalue weighted by molar-refractivity contribution is 0.0739. The van der Waals surface area contributed by atoms with Crippen molar-refractivity contribution in [3.63, 3.8) is 0 Å². The van der Waals surface area contributed by atoms with Gasteiger partial charge in [-0.05, 0) is 51.1 Å². The topological polar surface area (TPSA) is 95.9 Å². The summed E-state index contributed by atoms with van der Waals surface area (Å²) in [5, 5.41) is 13.5. The molecule has 0 unspecified atom stereocenters. The number of aromatic amines is 1. The second kappa shape index (κ2) is 8.79. The average molecular weight is 469 g/mol. The van der Waals surface area contributed by atoms with Crippen LogP contribution in [0.15, 0.2) is 42.6 Å². The fraction of sp³-hybridized carbons (Fsp3) is 0.208. The number of nitrogens with zero attached hydrogens (tertiary/aromatic N) is 3. The lowest BCUT2D eigenvalue weighted by Crippen LogP contribution is -2.19. The summed E-state index contributed by atoms with van der Waals surface area (Å²) < 4.78 is 46.6. The van der Waals surface area contributed by atoms with Crippen LogP contribution in [0.1, 0.15) is 25.2 Å². The van der Waals surface area contributed by atoms with E-state index < -0.39 is 23.1 Å². The van der Waals surface area contributed by atoms with Gasteiger partial charge in [0.15, 0.2) is 17.5 Å². The van der Waals surface area contributed by atoms with Crippen LogP contribution >= 0.6 is 0 Å². The average Bonchev–Trinajstić information content (AvgIpc) is 3.22. The molecule has 0 radical (unpaired) electrons. The van der Waals surface area contributed by atoms with Gasteiger partial charge >= 0.3 is 0 Å². The molecule has 0 amide bonds. The van der Waals surface area contributed by atoms with E-state index in [1.54, 1.807) is 24.4 Å². The molecule has 0 fully saturated rings. The molecule has 34 heavy (non-hydrogen) atoms. The third kappa shape index (κ3) is 4.72. The first kappa shape index (κ1) is 23.2. The summed E-state index contributed by atoms with van der Waals surface area (Å²) in [5.41, 5.74) is 1.03. The number of halogens is 3. The fourth-order valence-corrected chi connectivity index (χ4v) is 3.31. The number of H-pyrrole nitrogens is 1. The molecule has 0 atom stereocenters. The molecule has 2 heterocycles. The van der Waals surface area contributed by atoms with Crippen molar-refractivity contribution in [2.24, 2.45) is 0 Å². The van der Waals surface area contributed by atoms with Gasteiger partial charge < -0.3 is 20.1 Å². The van der Waals surface area contributed by atoms with E-state index in [1.807, 2.05) is 6.92 Å². The Hall–Kier alpha value is -3.92. The molecule has 0 aliphatic rings. The molecule has 0 aliphatic carbocycles. The van der Waals surface area contributed by atoms with E-state index in [0.717, 1.165) is 23.4 Å². The monoisotopic (exact) mass is 469 g/mol. The number of aromatic nitrogens is 4. The van der Waals surface area contributed by atoms with Gasteiger partial charge in [0.2, 0.25) is 5.95 Å². The SMILES string of the molecule is COc1cc(Nc2nc(-c3cc(F)c(F)c(F)c3)cc(C(C)(C)O)n2)ccc1-c1nc(C)c[nH]1. The van der Waals surface area contributed by atoms with Crippen LogP contribution in [0.25, 0.3) is 22.6 Å². The zero-order valence-corrected chi connectivity index (χ0v) is 18.9. The second-order valence-corrected chi connectivity index (χ2v) is 8.21. The zero-order valence-electron chi connectivity index (χ0n) is 18.9. The number of ether oxygens (including phenoxy) is 1. The maximum atomic E-state index is 13.8. The van der Waals surface area contributed by atoms with Crippen molar-refractivity contribution >= 4 is 11.6 Å². The van der Waals surface area contributed by atoms with Crippen molar-refractivity contribution in [3.8, 4) is 28.4 Å². The molecule has 0 saturated heterocycles.